The van der Waals surface area contributed by atoms with E-state index in [4.69, 9.17) is 22.3 Å². The molecule has 3 N–H and O–H groups in total. The molecule has 2 atom stereocenters. The van der Waals surface area contributed by atoms with E-state index < -0.39 is 5.54 Å². The number of carbonyl (C=O) groups is 1. The third-order valence-corrected chi connectivity index (χ3v) is 6.64. The van der Waals surface area contributed by atoms with Crippen molar-refractivity contribution in [2.75, 3.05) is 11.1 Å². The van der Waals surface area contributed by atoms with Crippen molar-refractivity contribution in [1.82, 2.24) is 4.98 Å². The smallest absolute Gasteiger partial charge is 0.257 e. The number of rotatable bonds is 3. The van der Waals surface area contributed by atoms with Crippen molar-refractivity contribution in [3.8, 4) is 0 Å². The van der Waals surface area contributed by atoms with Gasteiger partial charge in [-0.2, -0.15) is 0 Å². The molecule has 2 aliphatic rings. The van der Waals surface area contributed by atoms with E-state index in [1.54, 1.807) is 24.3 Å². The first-order valence-corrected chi connectivity index (χ1v) is 10.6. The molecule has 28 heavy (non-hydrogen) atoms. The summed E-state index contributed by atoms with van der Waals surface area (Å²) in [4.78, 5) is 21.1. The number of pyridine rings is 1. The second-order valence-electron chi connectivity index (χ2n) is 7.15. The van der Waals surface area contributed by atoms with Crippen LogP contribution in [0.1, 0.15) is 41.6 Å². The summed E-state index contributed by atoms with van der Waals surface area (Å²) in [5.41, 5.74) is 6.77. The van der Waals surface area contributed by atoms with Crippen molar-refractivity contribution >= 4 is 40.1 Å². The predicted molar refractivity (Wildman–Crippen MR) is 111 cm³/mol. The molecule has 8 heteroatoms. The number of nitrogens with zero attached hydrogens (tertiary/aromatic N) is 2. The van der Waals surface area contributed by atoms with Gasteiger partial charge in [-0.25, -0.2) is 9.37 Å². The molecular weight excluding hydrogens is 399 g/mol. The Hall–Kier alpha value is -2.12. The Balaban J connectivity index is 1.68. The van der Waals surface area contributed by atoms with Crippen LogP contribution >= 0.6 is 23.4 Å². The molecule has 146 valence electrons. The first kappa shape index (κ1) is 19.2. The fraction of sp³-hybridized carbons (Fsp3) is 0.350. The molecule has 1 aromatic heterocycles. The zero-order valence-corrected chi connectivity index (χ0v) is 16.7. The quantitative estimate of drug-likeness (QED) is 0.715. The highest BCUT2D eigenvalue weighted by molar-refractivity contribution is 8.13. The van der Waals surface area contributed by atoms with Gasteiger partial charge in [0.05, 0.1) is 11.1 Å². The van der Waals surface area contributed by atoms with Crippen molar-refractivity contribution in [2.24, 2.45) is 16.6 Å². The van der Waals surface area contributed by atoms with Gasteiger partial charge in [0.25, 0.3) is 5.91 Å². The first-order chi connectivity index (χ1) is 13.5. The molecule has 1 aliphatic carbocycles. The second kappa shape index (κ2) is 7.72. The van der Waals surface area contributed by atoms with E-state index in [0.717, 1.165) is 31.4 Å². The number of amidine groups is 1. The summed E-state index contributed by atoms with van der Waals surface area (Å²) in [5.74, 6) is 0.421. The van der Waals surface area contributed by atoms with Gasteiger partial charge in [0.15, 0.2) is 5.17 Å². The van der Waals surface area contributed by atoms with Crippen LogP contribution in [0, 0.1) is 11.7 Å². The topological polar surface area (TPSA) is 80.4 Å². The van der Waals surface area contributed by atoms with Crippen LogP contribution in [0.5, 0.6) is 0 Å². The zero-order valence-electron chi connectivity index (χ0n) is 15.1. The van der Waals surface area contributed by atoms with E-state index >= 15 is 0 Å². The number of hydrogen-bond donors (Lipinski definition) is 2. The van der Waals surface area contributed by atoms with Crippen LogP contribution in [-0.4, -0.2) is 21.8 Å². The van der Waals surface area contributed by atoms with Crippen LogP contribution in [0.2, 0.25) is 5.15 Å². The van der Waals surface area contributed by atoms with Gasteiger partial charge in [0.2, 0.25) is 0 Å². The van der Waals surface area contributed by atoms with Crippen LogP contribution in [0.3, 0.4) is 0 Å². The summed E-state index contributed by atoms with van der Waals surface area (Å²) in [6.07, 6.45) is 5.25. The number of amides is 1. The normalized spacial score (nSPS) is 24.2. The molecule has 0 unspecified atom stereocenters. The van der Waals surface area contributed by atoms with E-state index in [2.05, 4.69) is 10.3 Å². The Morgan fingerprint density at radius 3 is 2.96 bits per heavy atom. The van der Waals surface area contributed by atoms with E-state index in [-0.39, 0.29) is 17.6 Å². The number of benzene rings is 1. The minimum Gasteiger partial charge on any atom is -0.379 e. The Labute approximate surface area is 172 Å². The molecule has 0 spiro atoms. The van der Waals surface area contributed by atoms with Gasteiger partial charge in [-0.1, -0.05) is 36.2 Å². The molecule has 0 bridgehead atoms. The van der Waals surface area contributed by atoms with Gasteiger partial charge >= 0.3 is 0 Å². The lowest BCUT2D eigenvalue weighted by Crippen LogP contribution is -2.43. The summed E-state index contributed by atoms with van der Waals surface area (Å²) in [6.45, 7) is 0. The molecule has 0 saturated heterocycles. The number of aliphatic imine (C=N–C) groups is 1. The van der Waals surface area contributed by atoms with Crippen molar-refractivity contribution in [3.05, 3.63) is 58.6 Å². The average Bonchev–Trinajstić information content (AvgIpc) is 2.69. The van der Waals surface area contributed by atoms with E-state index in [1.165, 1.54) is 24.0 Å². The van der Waals surface area contributed by atoms with Gasteiger partial charge in [0, 0.05) is 23.2 Å². The molecule has 1 amide bonds. The predicted octanol–water partition coefficient (Wildman–Crippen LogP) is 4.57. The van der Waals surface area contributed by atoms with E-state index in [9.17, 15) is 9.18 Å². The van der Waals surface area contributed by atoms with Crippen LogP contribution in [-0.2, 0) is 5.54 Å². The maximum Gasteiger partial charge on any atom is 0.257 e. The number of carbonyl (C=O) groups excluding carboxylic acids is 1. The Bertz CT molecular complexity index is 936. The highest BCUT2D eigenvalue weighted by atomic mass is 35.5. The second-order valence-corrected chi connectivity index (χ2v) is 8.57. The minimum absolute atomic E-state index is 0.236. The van der Waals surface area contributed by atoms with E-state index in [1.807, 2.05) is 0 Å². The number of thioether (sulfide) groups is 1. The fourth-order valence-corrected chi connectivity index (χ4v) is 5.23. The van der Waals surface area contributed by atoms with Crippen molar-refractivity contribution in [1.29, 1.82) is 0 Å². The highest BCUT2D eigenvalue weighted by Crippen LogP contribution is 2.50. The average molecular weight is 419 g/mol. The molecule has 1 aromatic carbocycles. The van der Waals surface area contributed by atoms with Crippen molar-refractivity contribution in [2.45, 2.75) is 31.2 Å². The summed E-state index contributed by atoms with van der Waals surface area (Å²) in [6, 6.07) is 7.78. The Morgan fingerprint density at radius 2 is 2.18 bits per heavy atom. The molecule has 4 rings (SSSR count). The van der Waals surface area contributed by atoms with Gasteiger partial charge in [0.1, 0.15) is 11.0 Å². The molecule has 2 aromatic rings. The van der Waals surface area contributed by atoms with Gasteiger partial charge < -0.3 is 11.1 Å². The number of halogens is 2. The molecule has 2 heterocycles. The van der Waals surface area contributed by atoms with Gasteiger partial charge in [-0.05, 0) is 49.1 Å². The molecule has 1 saturated carbocycles. The molecule has 5 nitrogen and oxygen atoms in total. The lowest BCUT2D eigenvalue weighted by atomic mass is 9.69. The monoisotopic (exact) mass is 418 g/mol. The summed E-state index contributed by atoms with van der Waals surface area (Å²) < 4.78 is 14.9. The van der Waals surface area contributed by atoms with Crippen LogP contribution in [0.25, 0.3) is 0 Å². The summed E-state index contributed by atoms with van der Waals surface area (Å²) >= 11 is 7.30. The number of nitrogens with two attached hydrogens (primary N) is 1. The lowest BCUT2D eigenvalue weighted by molar-refractivity contribution is 0.102. The van der Waals surface area contributed by atoms with Crippen LogP contribution in [0.15, 0.2) is 41.5 Å². The van der Waals surface area contributed by atoms with Crippen LogP contribution < -0.4 is 11.1 Å². The number of aromatic nitrogens is 1. The molecular formula is C20H20ClFN4OS. The fourth-order valence-electron chi connectivity index (χ4n) is 4.07. The van der Waals surface area contributed by atoms with Crippen LogP contribution in [0.4, 0.5) is 10.1 Å². The third kappa shape index (κ3) is 3.61. The Kier molecular flexibility index (Phi) is 5.29. The van der Waals surface area contributed by atoms with Gasteiger partial charge in [-0.15, -0.1) is 0 Å². The highest BCUT2D eigenvalue weighted by Gasteiger charge is 2.46. The standard InChI is InChI=1S/C20H20ClFN4OS/c21-17-7-4-12(10-24-17)18(27)25-14-5-6-16(22)15(9-14)20-8-2-1-3-13(20)11-28-19(23)26-20/h4-7,9-10,13H,1-3,8,11H2,(H2,23,26)(H,25,27)/t13-,20-/m0/s1. The van der Waals surface area contributed by atoms with Crippen molar-refractivity contribution in [3.63, 3.8) is 0 Å². The lowest BCUT2D eigenvalue weighted by Gasteiger charge is -2.44. The number of anilines is 1. The molecule has 0 radical (unpaired) electrons. The SMILES string of the molecule is NC1=N[C@@]2(c3cc(NC(=O)c4ccc(Cl)nc4)ccc3F)CCCC[C@H]2CS1. The number of nitrogens with one attached hydrogen (secondary N) is 1. The maximum atomic E-state index is 14.9. The van der Waals surface area contributed by atoms with Gasteiger partial charge in [-0.3, -0.25) is 9.79 Å². The molecule has 1 fully saturated rings. The molecule has 1 aliphatic heterocycles. The number of hydrogen-bond acceptors (Lipinski definition) is 5. The van der Waals surface area contributed by atoms with Crippen molar-refractivity contribution < 1.29 is 9.18 Å². The first-order valence-electron chi connectivity index (χ1n) is 9.19. The Morgan fingerprint density at radius 1 is 1.32 bits per heavy atom. The number of fused-ring (bicyclic) bond motifs is 1. The third-order valence-electron chi connectivity index (χ3n) is 5.46. The summed E-state index contributed by atoms with van der Waals surface area (Å²) in [5, 5.41) is 3.63. The maximum absolute atomic E-state index is 14.9. The zero-order chi connectivity index (χ0) is 19.7. The minimum atomic E-state index is -0.653. The summed E-state index contributed by atoms with van der Waals surface area (Å²) in [7, 11) is 0. The van der Waals surface area contributed by atoms with E-state index in [0.29, 0.717) is 27.1 Å². The largest absolute Gasteiger partial charge is 0.379 e.